The van der Waals surface area contributed by atoms with Gasteiger partial charge in [-0.25, -0.2) is 0 Å². The average molecular weight is 403 g/mol. The smallest absolute Gasteiger partial charge is 0.238 e. The molecule has 0 bridgehead atoms. The molecule has 0 spiro atoms. The van der Waals surface area contributed by atoms with Crippen molar-refractivity contribution in [3.63, 3.8) is 0 Å². The van der Waals surface area contributed by atoms with Crippen LogP contribution in [0.2, 0.25) is 0 Å². The van der Waals surface area contributed by atoms with Crippen LogP contribution in [0.4, 0.5) is 11.4 Å². The third kappa shape index (κ3) is 4.66. The molecule has 6 heteroatoms. The van der Waals surface area contributed by atoms with E-state index in [0.717, 1.165) is 22.5 Å². The number of nitrogens with zero attached hydrogens (tertiary/aromatic N) is 1. The van der Waals surface area contributed by atoms with E-state index in [-0.39, 0.29) is 17.2 Å². The Balaban J connectivity index is 1.84. The predicted octanol–water partition coefficient (Wildman–Crippen LogP) is 5.04. The van der Waals surface area contributed by atoms with Gasteiger partial charge in [-0.2, -0.15) is 0 Å². The van der Waals surface area contributed by atoms with E-state index in [1.807, 2.05) is 41.3 Å². The number of rotatable bonds is 6. The van der Waals surface area contributed by atoms with E-state index in [4.69, 9.17) is 11.6 Å². The van der Waals surface area contributed by atoms with Crippen molar-refractivity contribution in [2.75, 3.05) is 21.8 Å². The predicted molar refractivity (Wildman–Crippen MR) is 114 cm³/mol. The first-order valence-corrected chi connectivity index (χ1v) is 10.5. The summed E-state index contributed by atoms with van der Waals surface area (Å²) in [5, 5.41) is 2.81. The van der Waals surface area contributed by atoms with Crippen LogP contribution < -0.4 is 10.2 Å². The van der Waals surface area contributed by atoms with Crippen molar-refractivity contribution >= 4 is 46.6 Å². The lowest BCUT2D eigenvalue weighted by Crippen LogP contribution is -2.28. The van der Waals surface area contributed by atoms with E-state index in [1.54, 1.807) is 11.8 Å². The third-order valence-corrected chi connectivity index (χ3v) is 6.11. The second kappa shape index (κ2) is 8.81. The van der Waals surface area contributed by atoms with Crippen LogP contribution in [-0.4, -0.2) is 23.4 Å². The number of amides is 2. The van der Waals surface area contributed by atoms with Crippen molar-refractivity contribution in [3.8, 4) is 0 Å². The van der Waals surface area contributed by atoms with Crippen LogP contribution in [0.25, 0.3) is 0 Å². The highest BCUT2D eigenvalue weighted by Gasteiger charge is 2.34. The minimum atomic E-state index is -0.0979. The number of halogens is 1. The van der Waals surface area contributed by atoms with Gasteiger partial charge in [-0.15, -0.1) is 23.4 Å². The number of alkyl halides is 1. The van der Waals surface area contributed by atoms with Gasteiger partial charge in [0.05, 0.1) is 5.75 Å². The van der Waals surface area contributed by atoms with Gasteiger partial charge in [0.1, 0.15) is 5.37 Å². The molecular formula is C21H23ClN2O2S. The summed E-state index contributed by atoms with van der Waals surface area (Å²) in [5.41, 5.74) is 5.02. The molecule has 0 saturated carbocycles. The number of hydrogen-bond acceptors (Lipinski definition) is 3. The second-order valence-corrected chi connectivity index (χ2v) is 8.11. The van der Waals surface area contributed by atoms with Gasteiger partial charge >= 0.3 is 0 Å². The first-order valence-electron chi connectivity index (χ1n) is 8.96. The molecule has 0 aliphatic carbocycles. The van der Waals surface area contributed by atoms with E-state index < -0.39 is 0 Å². The number of nitrogens with one attached hydrogen (secondary N) is 1. The summed E-state index contributed by atoms with van der Waals surface area (Å²) in [4.78, 5) is 26.4. The molecule has 2 amide bonds. The van der Waals surface area contributed by atoms with E-state index >= 15 is 0 Å². The molecule has 1 heterocycles. The molecule has 1 atom stereocenters. The molecule has 1 aliphatic heterocycles. The van der Waals surface area contributed by atoms with Crippen LogP contribution in [0.5, 0.6) is 0 Å². The van der Waals surface area contributed by atoms with E-state index in [9.17, 15) is 9.59 Å². The molecule has 3 rings (SSSR count). The summed E-state index contributed by atoms with van der Waals surface area (Å²) in [6.45, 7) is 4.12. The molecule has 27 heavy (non-hydrogen) atoms. The Morgan fingerprint density at radius 3 is 2.78 bits per heavy atom. The molecule has 2 aromatic carbocycles. The van der Waals surface area contributed by atoms with Gasteiger partial charge in [0.25, 0.3) is 0 Å². The summed E-state index contributed by atoms with van der Waals surface area (Å²) in [6.07, 6.45) is 1.06. The van der Waals surface area contributed by atoms with Crippen LogP contribution in [0, 0.1) is 13.8 Å². The van der Waals surface area contributed by atoms with Crippen molar-refractivity contribution in [1.82, 2.24) is 0 Å². The standard InChI is InChI=1S/C21H23ClN2O2S/c1-14-8-9-18(11-15(14)2)24-20(26)13-27-21(24)16-5-3-6-17(12-16)23-19(25)7-4-10-22/h3,5-6,8-9,11-12,21H,4,7,10,13H2,1-2H3,(H,23,25). The highest BCUT2D eigenvalue weighted by Crippen LogP contribution is 2.42. The fourth-order valence-electron chi connectivity index (χ4n) is 3.05. The number of aryl methyl sites for hydroxylation is 2. The lowest BCUT2D eigenvalue weighted by molar-refractivity contribution is -0.116. The normalized spacial score (nSPS) is 16.6. The average Bonchev–Trinajstić information content (AvgIpc) is 3.04. The largest absolute Gasteiger partial charge is 0.326 e. The maximum atomic E-state index is 12.6. The number of anilines is 2. The maximum absolute atomic E-state index is 12.6. The van der Waals surface area contributed by atoms with Crippen LogP contribution in [0.3, 0.4) is 0 Å². The van der Waals surface area contributed by atoms with Crippen molar-refractivity contribution in [1.29, 1.82) is 0 Å². The van der Waals surface area contributed by atoms with Crippen molar-refractivity contribution in [2.24, 2.45) is 0 Å². The highest BCUT2D eigenvalue weighted by molar-refractivity contribution is 8.00. The molecule has 4 nitrogen and oxygen atoms in total. The van der Waals surface area contributed by atoms with Gasteiger partial charge in [-0.05, 0) is 61.2 Å². The topological polar surface area (TPSA) is 49.4 Å². The van der Waals surface area contributed by atoms with Gasteiger partial charge < -0.3 is 5.32 Å². The van der Waals surface area contributed by atoms with Gasteiger partial charge in [0.15, 0.2) is 0 Å². The Morgan fingerprint density at radius 1 is 1.22 bits per heavy atom. The minimum absolute atomic E-state index is 0.0473. The Morgan fingerprint density at radius 2 is 2.04 bits per heavy atom. The summed E-state index contributed by atoms with van der Waals surface area (Å²) < 4.78 is 0. The SMILES string of the molecule is Cc1ccc(N2C(=O)CSC2c2cccc(NC(=O)CCCCl)c2)cc1C. The molecule has 1 fully saturated rings. The van der Waals surface area contributed by atoms with Gasteiger partial charge in [-0.3, -0.25) is 14.5 Å². The Hall–Kier alpha value is -1.98. The third-order valence-electron chi connectivity index (χ3n) is 4.63. The Labute approximate surface area is 169 Å². The zero-order valence-corrected chi connectivity index (χ0v) is 17.1. The van der Waals surface area contributed by atoms with E-state index in [2.05, 4.69) is 25.2 Å². The Bertz CT molecular complexity index is 856. The number of thioether (sulfide) groups is 1. The first-order chi connectivity index (χ1) is 13.0. The molecule has 0 radical (unpaired) electrons. The molecule has 1 aliphatic rings. The van der Waals surface area contributed by atoms with Crippen molar-refractivity contribution in [2.45, 2.75) is 32.1 Å². The quantitative estimate of drug-likeness (QED) is 0.688. The molecule has 142 valence electrons. The second-order valence-electron chi connectivity index (χ2n) is 6.66. The molecule has 2 aromatic rings. The van der Waals surface area contributed by atoms with Crippen LogP contribution >= 0.6 is 23.4 Å². The monoisotopic (exact) mass is 402 g/mol. The lowest BCUT2D eigenvalue weighted by Gasteiger charge is -2.25. The van der Waals surface area contributed by atoms with Crippen LogP contribution in [-0.2, 0) is 9.59 Å². The number of hydrogen-bond donors (Lipinski definition) is 1. The van der Waals surface area contributed by atoms with Gasteiger partial charge in [0.2, 0.25) is 11.8 Å². The molecule has 1 N–H and O–H groups in total. The van der Waals surface area contributed by atoms with Crippen LogP contribution in [0.1, 0.15) is 34.9 Å². The summed E-state index contributed by atoms with van der Waals surface area (Å²) in [6, 6.07) is 13.8. The fraction of sp³-hybridized carbons (Fsp3) is 0.333. The fourth-order valence-corrected chi connectivity index (χ4v) is 4.35. The number of carbonyl (C=O) groups is 2. The summed E-state index contributed by atoms with van der Waals surface area (Å²) in [7, 11) is 0. The molecule has 0 aromatic heterocycles. The number of benzene rings is 2. The Kier molecular flexibility index (Phi) is 6.45. The van der Waals surface area contributed by atoms with Gasteiger partial charge in [-0.1, -0.05) is 18.2 Å². The maximum Gasteiger partial charge on any atom is 0.238 e. The van der Waals surface area contributed by atoms with Crippen molar-refractivity contribution in [3.05, 3.63) is 59.2 Å². The lowest BCUT2D eigenvalue weighted by atomic mass is 10.1. The minimum Gasteiger partial charge on any atom is -0.326 e. The zero-order valence-electron chi connectivity index (χ0n) is 15.5. The summed E-state index contributed by atoms with van der Waals surface area (Å²) >= 11 is 7.25. The highest BCUT2D eigenvalue weighted by atomic mass is 35.5. The number of carbonyl (C=O) groups excluding carboxylic acids is 2. The molecule has 1 unspecified atom stereocenters. The van der Waals surface area contributed by atoms with Crippen molar-refractivity contribution < 1.29 is 9.59 Å². The first kappa shape index (κ1) is 19.8. The van der Waals surface area contributed by atoms with E-state index in [1.165, 1.54) is 5.56 Å². The molecule has 1 saturated heterocycles. The van der Waals surface area contributed by atoms with Crippen LogP contribution in [0.15, 0.2) is 42.5 Å². The zero-order chi connectivity index (χ0) is 19.4. The van der Waals surface area contributed by atoms with Gasteiger partial charge in [0, 0.05) is 23.7 Å². The van der Waals surface area contributed by atoms with E-state index in [0.29, 0.717) is 24.5 Å². The summed E-state index contributed by atoms with van der Waals surface area (Å²) in [5.74, 6) is 0.974. The molecular weight excluding hydrogens is 380 g/mol.